The molecule has 5 heteroatoms. The molecule has 60 valence electrons. The highest BCUT2D eigenvalue weighted by Crippen LogP contribution is 2.55. The maximum Gasteiger partial charge on any atom is 0.156 e. The predicted molar refractivity (Wildman–Crippen MR) is 59.2 cm³/mol. The smallest absolute Gasteiger partial charge is 0.156 e. The van der Waals surface area contributed by atoms with Crippen molar-refractivity contribution in [3.63, 3.8) is 0 Å². The fraction of sp³-hybridized carbons (Fsp3) is 0. The lowest BCUT2D eigenvalue weighted by Crippen LogP contribution is -1.98. The highest BCUT2D eigenvalue weighted by atomic mass is 33.4. The van der Waals surface area contributed by atoms with Crippen LogP contribution in [0.2, 0.25) is 0 Å². The summed E-state index contributed by atoms with van der Waals surface area (Å²) in [4.78, 5) is 9.61. The van der Waals surface area contributed by atoms with E-state index in [9.17, 15) is 4.89 Å². The molecule has 0 aromatic heterocycles. The minimum Gasteiger partial charge on any atom is -0.353 e. The van der Waals surface area contributed by atoms with E-state index in [0.29, 0.717) is 0 Å². The van der Waals surface area contributed by atoms with Gasteiger partial charge in [0.2, 0.25) is 0 Å². The van der Waals surface area contributed by atoms with Crippen molar-refractivity contribution in [3.05, 3.63) is 30.3 Å². The Labute approximate surface area is 79.9 Å². The van der Waals surface area contributed by atoms with E-state index in [1.807, 2.05) is 30.3 Å². The monoisotopic (exact) mass is 222 g/mol. The molecule has 0 bridgehead atoms. The van der Waals surface area contributed by atoms with Crippen LogP contribution < -0.4 is 5.30 Å². The average molecular weight is 222 g/mol. The second-order valence-electron chi connectivity index (χ2n) is 1.94. The van der Waals surface area contributed by atoms with E-state index < -0.39 is 5.47 Å². The third-order valence-corrected chi connectivity index (χ3v) is 8.09. The molecule has 1 N–H and O–H groups in total. The minimum absolute atomic E-state index is 0.801. The fourth-order valence-electron chi connectivity index (χ4n) is 0.664. The lowest BCUT2D eigenvalue weighted by molar-refractivity contribution is 0.648. The highest BCUT2D eigenvalue weighted by molar-refractivity contribution is 9.00. The normalized spacial score (nSPS) is 15.8. The first kappa shape index (κ1) is 9.62. The quantitative estimate of drug-likeness (QED) is 0.455. The van der Waals surface area contributed by atoms with Crippen LogP contribution in [-0.4, -0.2) is 4.89 Å². The Hall–Kier alpha value is 0.530. The largest absolute Gasteiger partial charge is 0.353 e. The van der Waals surface area contributed by atoms with Gasteiger partial charge in [-0.15, -0.1) is 11.7 Å². The Bertz CT molecular complexity index is 274. The summed E-state index contributed by atoms with van der Waals surface area (Å²) in [5, 5.41) is 0.801. The topological polar surface area (TPSA) is 20.2 Å². The van der Waals surface area contributed by atoms with Gasteiger partial charge in [0.25, 0.3) is 0 Å². The summed E-state index contributed by atoms with van der Waals surface area (Å²) >= 11 is 8.89. The van der Waals surface area contributed by atoms with Gasteiger partial charge >= 0.3 is 0 Å². The molecule has 1 nitrogen and oxygen atoms in total. The van der Waals surface area contributed by atoms with E-state index in [1.165, 1.54) is 0 Å². The van der Waals surface area contributed by atoms with Crippen molar-refractivity contribution in [2.75, 3.05) is 0 Å². The Morgan fingerprint density at radius 1 is 1.36 bits per heavy atom. The molecule has 0 amide bonds. The molecule has 0 radical (unpaired) electrons. The zero-order valence-corrected chi connectivity index (χ0v) is 8.97. The SMILES string of the molecule is OP(=S)(SS)c1ccccc1. The molecule has 0 fully saturated rings. The van der Waals surface area contributed by atoms with Gasteiger partial charge in [0.05, 0.1) is 0 Å². The third kappa shape index (κ3) is 2.49. The second-order valence-corrected chi connectivity index (χ2v) is 9.48. The molecule has 1 rings (SSSR count). The molecule has 0 spiro atoms. The maximum atomic E-state index is 9.61. The van der Waals surface area contributed by atoms with Crippen LogP contribution in [0.25, 0.3) is 0 Å². The molecule has 1 unspecified atom stereocenters. The Morgan fingerprint density at radius 2 is 1.91 bits per heavy atom. The van der Waals surface area contributed by atoms with E-state index in [2.05, 4.69) is 11.7 Å². The highest BCUT2D eigenvalue weighted by Gasteiger charge is 2.13. The van der Waals surface area contributed by atoms with Crippen LogP contribution in [-0.2, 0) is 11.8 Å². The maximum absolute atomic E-state index is 9.61. The predicted octanol–water partition coefficient (Wildman–Crippen LogP) is 2.19. The van der Waals surface area contributed by atoms with Crippen LogP contribution >= 0.6 is 27.5 Å². The van der Waals surface area contributed by atoms with Gasteiger partial charge in [0.1, 0.15) is 0 Å². The molecule has 0 aliphatic heterocycles. The summed E-state index contributed by atoms with van der Waals surface area (Å²) in [5.74, 6) is 0. The summed E-state index contributed by atoms with van der Waals surface area (Å²) in [6.07, 6.45) is 0. The Morgan fingerprint density at radius 3 is 2.36 bits per heavy atom. The molecule has 1 atom stereocenters. The van der Waals surface area contributed by atoms with Crippen molar-refractivity contribution in [1.29, 1.82) is 0 Å². The lowest BCUT2D eigenvalue weighted by atomic mass is 10.4. The van der Waals surface area contributed by atoms with Crippen molar-refractivity contribution in [1.82, 2.24) is 0 Å². The van der Waals surface area contributed by atoms with Gasteiger partial charge in [-0.3, -0.25) is 0 Å². The molecular weight excluding hydrogens is 215 g/mol. The van der Waals surface area contributed by atoms with Crippen LogP contribution in [0.4, 0.5) is 0 Å². The number of hydrogen-bond acceptors (Lipinski definition) is 3. The number of benzene rings is 1. The minimum atomic E-state index is -2.41. The van der Waals surface area contributed by atoms with Gasteiger partial charge < -0.3 is 4.89 Å². The number of hydrogen-bond donors (Lipinski definition) is 2. The van der Waals surface area contributed by atoms with Crippen molar-refractivity contribution in [2.24, 2.45) is 0 Å². The van der Waals surface area contributed by atoms with Gasteiger partial charge in [-0.25, -0.2) is 0 Å². The van der Waals surface area contributed by atoms with Crippen LogP contribution in [0.1, 0.15) is 0 Å². The van der Waals surface area contributed by atoms with Crippen molar-refractivity contribution in [2.45, 2.75) is 0 Å². The fourth-order valence-corrected chi connectivity index (χ4v) is 3.17. The van der Waals surface area contributed by atoms with E-state index in [4.69, 9.17) is 11.8 Å². The summed E-state index contributed by atoms with van der Waals surface area (Å²) in [6, 6.07) is 9.25. The van der Waals surface area contributed by atoms with Gasteiger partial charge in [0.15, 0.2) is 5.47 Å². The molecule has 0 saturated heterocycles. The van der Waals surface area contributed by atoms with E-state index in [-0.39, 0.29) is 0 Å². The van der Waals surface area contributed by atoms with Crippen molar-refractivity contribution < 1.29 is 4.89 Å². The van der Waals surface area contributed by atoms with Crippen molar-refractivity contribution in [3.8, 4) is 0 Å². The van der Waals surface area contributed by atoms with E-state index in [1.54, 1.807) is 0 Å². The first-order valence-electron chi connectivity index (χ1n) is 2.88. The van der Waals surface area contributed by atoms with Gasteiger partial charge in [-0.05, 0) is 22.2 Å². The average Bonchev–Trinajstić information content (AvgIpc) is 2.06. The molecule has 11 heavy (non-hydrogen) atoms. The van der Waals surface area contributed by atoms with Crippen LogP contribution in [0, 0.1) is 0 Å². The summed E-state index contributed by atoms with van der Waals surface area (Å²) < 4.78 is 0. The van der Waals surface area contributed by atoms with Crippen LogP contribution in [0.5, 0.6) is 0 Å². The van der Waals surface area contributed by atoms with E-state index >= 15 is 0 Å². The third-order valence-electron chi connectivity index (χ3n) is 1.19. The summed E-state index contributed by atoms with van der Waals surface area (Å²) in [6.45, 7) is 0. The second kappa shape index (κ2) is 3.97. The zero-order valence-electron chi connectivity index (χ0n) is 5.54. The van der Waals surface area contributed by atoms with Gasteiger partial charge in [-0.2, -0.15) is 0 Å². The van der Waals surface area contributed by atoms with Crippen LogP contribution in [0.3, 0.4) is 0 Å². The Balaban J connectivity index is 3.03. The first-order valence-corrected chi connectivity index (χ1v) is 8.11. The summed E-state index contributed by atoms with van der Waals surface area (Å²) in [7, 11) is 1.06. The Kier molecular flexibility index (Phi) is 3.47. The first-order chi connectivity index (χ1) is 5.17. The molecule has 0 saturated carbocycles. The molecule has 0 heterocycles. The van der Waals surface area contributed by atoms with Gasteiger partial charge in [0, 0.05) is 5.30 Å². The number of rotatable bonds is 2. The number of thiol groups is 1. The molecule has 0 aliphatic carbocycles. The summed E-state index contributed by atoms with van der Waals surface area (Å²) in [5.41, 5.74) is -2.41. The van der Waals surface area contributed by atoms with Crippen molar-refractivity contribution >= 4 is 44.7 Å². The molecule has 1 aromatic carbocycles. The molecule has 1 aromatic rings. The molecular formula is C6H7OPS3. The zero-order chi connectivity index (χ0) is 8.32. The standard InChI is InChI=1S/C6H7OPS3/c7-8(9,11-10)6-4-2-1-3-5-6/h1-5,10H,(H,7,9). The molecule has 0 aliphatic rings. The van der Waals surface area contributed by atoms with Crippen LogP contribution in [0.15, 0.2) is 30.3 Å². The van der Waals surface area contributed by atoms with Gasteiger partial charge in [-0.1, -0.05) is 30.3 Å². The lowest BCUT2D eigenvalue weighted by Gasteiger charge is -2.09. The van der Waals surface area contributed by atoms with E-state index in [0.717, 1.165) is 15.7 Å².